The van der Waals surface area contributed by atoms with E-state index in [0.29, 0.717) is 29.6 Å². The third-order valence-electron chi connectivity index (χ3n) is 5.90. The number of aromatic nitrogens is 2. The number of nitrogens with one attached hydrogen (secondary N) is 1. The number of anilines is 2. The Bertz CT molecular complexity index is 1420. The van der Waals surface area contributed by atoms with Crippen molar-refractivity contribution in [3.8, 4) is 23.3 Å². The molecular weight excluding hydrogens is 460 g/mol. The number of benzene rings is 3. The molecule has 1 atom stereocenters. The fourth-order valence-corrected chi connectivity index (χ4v) is 4.40. The number of likely N-dealkylation sites (tertiary alicyclic amines) is 1. The van der Waals surface area contributed by atoms with Crippen molar-refractivity contribution < 1.29 is 9.84 Å². The van der Waals surface area contributed by atoms with Crippen LogP contribution in [-0.2, 0) is 0 Å². The Labute approximate surface area is 209 Å². The lowest BCUT2D eigenvalue weighted by atomic mass is 9.93. The highest BCUT2D eigenvalue weighted by Gasteiger charge is 2.29. The molecule has 0 bridgehead atoms. The van der Waals surface area contributed by atoms with Crippen molar-refractivity contribution in [2.24, 2.45) is 0 Å². The summed E-state index contributed by atoms with van der Waals surface area (Å²) >= 11 is 6.48. The van der Waals surface area contributed by atoms with Gasteiger partial charge < -0.3 is 20.1 Å². The zero-order chi connectivity index (χ0) is 24.3. The van der Waals surface area contributed by atoms with Crippen molar-refractivity contribution in [3.05, 3.63) is 83.6 Å². The van der Waals surface area contributed by atoms with Crippen molar-refractivity contribution in [2.45, 2.75) is 18.4 Å². The van der Waals surface area contributed by atoms with Crippen LogP contribution in [0.1, 0.15) is 18.4 Å². The Morgan fingerprint density at radius 3 is 2.74 bits per heavy atom. The molecule has 1 aliphatic heterocycles. The van der Waals surface area contributed by atoms with E-state index in [1.807, 2.05) is 67.7 Å². The van der Waals surface area contributed by atoms with Crippen molar-refractivity contribution in [2.75, 3.05) is 25.5 Å². The lowest BCUT2D eigenvalue weighted by Gasteiger charge is -2.33. The van der Waals surface area contributed by atoms with Crippen LogP contribution in [0.2, 0.25) is 5.02 Å². The maximum atomic E-state index is 10.8. The molecular formula is C28H25ClN4O2. The maximum absolute atomic E-state index is 10.8. The Balaban J connectivity index is 1.39. The van der Waals surface area contributed by atoms with E-state index in [1.54, 1.807) is 6.07 Å². The summed E-state index contributed by atoms with van der Waals surface area (Å²) in [5.41, 5.74) is 1.36. The number of para-hydroxylation sites is 1. The van der Waals surface area contributed by atoms with Crippen molar-refractivity contribution in [1.82, 2.24) is 14.9 Å². The predicted octanol–water partition coefficient (Wildman–Crippen LogP) is 5.63. The van der Waals surface area contributed by atoms with Gasteiger partial charge in [-0.1, -0.05) is 41.6 Å². The Kier molecular flexibility index (Phi) is 6.56. The topological polar surface area (TPSA) is 70.5 Å². The van der Waals surface area contributed by atoms with E-state index in [2.05, 4.69) is 32.0 Å². The SMILES string of the molecule is CN1CCCC(O)(C#Cc2ccc3ncnc(Nc4ccc(Oc5ccccc5)c(Cl)c4)c3c2)C1. The van der Waals surface area contributed by atoms with Gasteiger partial charge in [0.05, 0.1) is 10.5 Å². The monoisotopic (exact) mass is 484 g/mol. The Morgan fingerprint density at radius 2 is 1.94 bits per heavy atom. The highest BCUT2D eigenvalue weighted by atomic mass is 35.5. The number of nitrogens with zero attached hydrogens (tertiary/aromatic N) is 3. The first-order valence-electron chi connectivity index (χ1n) is 11.5. The van der Waals surface area contributed by atoms with Gasteiger partial charge in [0.15, 0.2) is 0 Å². The third-order valence-corrected chi connectivity index (χ3v) is 6.20. The molecule has 1 aliphatic rings. The molecule has 1 fully saturated rings. The largest absolute Gasteiger partial charge is 0.456 e. The summed E-state index contributed by atoms with van der Waals surface area (Å²) in [5, 5.41) is 15.5. The minimum atomic E-state index is -0.990. The molecule has 0 aliphatic carbocycles. The Morgan fingerprint density at radius 1 is 1.09 bits per heavy atom. The van der Waals surface area contributed by atoms with Crippen LogP contribution in [0.15, 0.2) is 73.1 Å². The molecule has 176 valence electrons. The highest BCUT2D eigenvalue weighted by molar-refractivity contribution is 6.32. The molecule has 5 rings (SSSR count). The van der Waals surface area contributed by atoms with Crippen LogP contribution in [0.4, 0.5) is 11.5 Å². The summed E-state index contributed by atoms with van der Waals surface area (Å²) in [5.74, 6) is 8.16. The average molecular weight is 485 g/mol. The molecule has 0 spiro atoms. The van der Waals surface area contributed by atoms with Gasteiger partial charge in [-0.3, -0.25) is 0 Å². The summed E-state index contributed by atoms with van der Waals surface area (Å²) in [6.45, 7) is 1.53. The molecule has 35 heavy (non-hydrogen) atoms. The van der Waals surface area contributed by atoms with Gasteiger partial charge in [-0.05, 0) is 75.0 Å². The summed E-state index contributed by atoms with van der Waals surface area (Å²) in [6, 6.07) is 20.8. The lowest BCUT2D eigenvalue weighted by Crippen LogP contribution is -2.45. The van der Waals surface area contributed by atoms with Gasteiger partial charge in [0.1, 0.15) is 29.2 Å². The minimum absolute atomic E-state index is 0.481. The van der Waals surface area contributed by atoms with Crippen LogP contribution < -0.4 is 10.1 Å². The molecule has 0 saturated carbocycles. The molecule has 0 radical (unpaired) electrons. The fraction of sp³-hybridized carbons (Fsp3) is 0.214. The predicted molar refractivity (Wildman–Crippen MR) is 139 cm³/mol. The number of hydrogen-bond acceptors (Lipinski definition) is 6. The maximum Gasteiger partial charge on any atom is 0.146 e. The second-order valence-corrected chi connectivity index (χ2v) is 9.17. The van der Waals surface area contributed by atoms with Crippen LogP contribution >= 0.6 is 11.6 Å². The number of rotatable bonds is 4. The van der Waals surface area contributed by atoms with Crippen LogP contribution in [0.3, 0.4) is 0 Å². The van der Waals surface area contributed by atoms with Crippen LogP contribution in [0, 0.1) is 11.8 Å². The molecule has 0 amide bonds. The standard InChI is InChI=1S/C28H25ClN4O2/c1-33-15-5-13-28(34,18-33)14-12-20-8-10-25-23(16-20)27(31-19-30-25)32-21-9-11-26(24(29)17-21)35-22-6-3-2-4-7-22/h2-4,6-11,16-17,19,34H,5,13,15,18H2,1H3,(H,30,31,32). The molecule has 7 heteroatoms. The fourth-order valence-electron chi connectivity index (χ4n) is 4.18. The number of ether oxygens (including phenoxy) is 1. The van der Waals surface area contributed by atoms with Gasteiger partial charge in [0.2, 0.25) is 0 Å². The van der Waals surface area contributed by atoms with Gasteiger partial charge in [0.25, 0.3) is 0 Å². The van der Waals surface area contributed by atoms with Gasteiger partial charge in [0, 0.05) is 23.2 Å². The minimum Gasteiger partial charge on any atom is -0.456 e. The van der Waals surface area contributed by atoms with E-state index >= 15 is 0 Å². The average Bonchev–Trinajstić information content (AvgIpc) is 2.85. The number of aliphatic hydroxyl groups is 1. The van der Waals surface area contributed by atoms with Crippen molar-refractivity contribution in [3.63, 3.8) is 0 Å². The number of halogens is 1. The van der Waals surface area contributed by atoms with E-state index in [4.69, 9.17) is 16.3 Å². The first kappa shape index (κ1) is 23.1. The van der Waals surface area contributed by atoms with Gasteiger partial charge in [-0.2, -0.15) is 0 Å². The molecule has 2 N–H and O–H groups in total. The van der Waals surface area contributed by atoms with Crippen LogP contribution in [-0.4, -0.2) is 45.7 Å². The molecule has 1 saturated heterocycles. The van der Waals surface area contributed by atoms with Crippen molar-refractivity contribution in [1.29, 1.82) is 0 Å². The van der Waals surface area contributed by atoms with E-state index in [-0.39, 0.29) is 0 Å². The lowest BCUT2D eigenvalue weighted by molar-refractivity contribution is 0.0263. The molecule has 3 aromatic carbocycles. The van der Waals surface area contributed by atoms with Crippen LogP contribution in [0.25, 0.3) is 10.9 Å². The first-order valence-corrected chi connectivity index (χ1v) is 11.8. The molecule has 4 aromatic rings. The third kappa shape index (κ3) is 5.55. The van der Waals surface area contributed by atoms with Crippen LogP contribution in [0.5, 0.6) is 11.5 Å². The van der Waals surface area contributed by atoms with Gasteiger partial charge in [-0.25, -0.2) is 9.97 Å². The van der Waals surface area contributed by atoms with E-state index < -0.39 is 5.60 Å². The zero-order valence-corrected chi connectivity index (χ0v) is 20.1. The Hall–Kier alpha value is -3.63. The summed E-state index contributed by atoms with van der Waals surface area (Å²) in [7, 11) is 2.00. The van der Waals surface area contributed by atoms with Gasteiger partial charge in [-0.15, -0.1) is 0 Å². The first-order chi connectivity index (χ1) is 17.0. The molecule has 1 unspecified atom stereocenters. The molecule has 2 heterocycles. The quantitative estimate of drug-likeness (QED) is 0.366. The van der Waals surface area contributed by atoms with Crippen molar-refractivity contribution >= 4 is 34.0 Å². The number of piperidine rings is 1. The smallest absolute Gasteiger partial charge is 0.146 e. The molecule has 6 nitrogen and oxygen atoms in total. The van der Waals surface area contributed by atoms with E-state index in [9.17, 15) is 5.11 Å². The highest BCUT2D eigenvalue weighted by Crippen LogP contribution is 2.33. The second-order valence-electron chi connectivity index (χ2n) is 8.76. The summed E-state index contributed by atoms with van der Waals surface area (Å²) in [6.07, 6.45) is 3.13. The van der Waals surface area contributed by atoms with E-state index in [0.717, 1.165) is 40.9 Å². The number of hydrogen-bond donors (Lipinski definition) is 2. The number of β-amino-alcohol motifs (C(OH)–C–C–N with tert-alkyl or cyclic N) is 1. The van der Waals surface area contributed by atoms with E-state index in [1.165, 1.54) is 6.33 Å². The zero-order valence-electron chi connectivity index (χ0n) is 19.3. The number of likely N-dealkylation sites (N-methyl/N-ethyl adjacent to an activating group) is 1. The summed E-state index contributed by atoms with van der Waals surface area (Å²) < 4.78 is 5.87. The van der Waals surface area contributed by atoms with Gasteiger partial charge >= 0.3 is 0 Å². The number of fused-ring (bicyclic) bond motifs is 1. The second kappa shape index (κ2) is 9.93. The normalized spacial score (nSPS) is 18.0. The molecule has 1 aromatic heterocycles. The summed E-state index contributed by atoms with van der Waals surface area (Å²) in [4.78, 5) is 10.9.